The van der Waals surface area contributed by atoms with Crippen molar-refractivity contribution in [3.8, 4) is 0 Å². The van der Waals surface area contributed by atoms with E-state index < -0.39 is 17.2 Å². The van der Waals surface area contributed by atoms with E-state index in [4.69, 9.17) is 5.11 Å². The van der Waals surface area contributed by atoms with Crippen LogP contribution in [-0.2, 0) is 4.79 Å². The molecular weight excluding hydrogens is 232 g/mol. The number of rotatable bonds is 1. The van der Waals surface area contributed by atoms with Crippen molar-refractivity contribution >= 4 is 5.97 Å². The molecule has 4 bridgehead atoms. The van der Waals surface area contributed by atoms with E-state index in [0.717, 1.165) is 31.8 Å². The quantitative estimate of drug-likeness (QED) is 0.621. The molecule has 0 spiro atoms. The van der Waals surface area contributed by atoms with Gasteiger partial charge < -0.3 is 15.3 Å². The van der Waals surface area contributed by atoms with Crippen LogP contribution in [0.4, 0.5) is 0 Å². The van der Waals surface area contributed by atoms with Gasteiger partial charge in [0.15, 0.2) is 0 Å². The summed E-state index contributed by atoms with van der Waals surface area (Å²) in [5.41, 5.74) is -1.55. The van der Waals surface area contributed by atoms with E-state index in [1.54, 1.807) is 0 Å². The molecule has 4 nitrogen and oxygen atoms in total. The van der Waals surface area contributed by atoms with Crippen LogP contribution < -0.4 is 0 Å². The predicted molar refractivity (Wildman–Crippen MR) is 67.0 cm³/mol. The molecule has 18 heavy (non-hydrogen) atoms. The van der Waals surface area contributed by atoms with Crippen LogP contribution in [0, 0.1) is 17.8 Å². The van der Waals surface area contributed by atoms with Crippen LogP contribution in [0.1, 0.15) is 39.0 Å². The monoisotopic (exact) mass is 254 g/mol. The van der Waals surface area contributed by atoms with E-state index in [2.05, 4.69) is 6.58 Å². The number of aliphatic hydroxyl groups is 2. The van der Waals surface area contributed by atoms with Crippen LogP contribution in [0.5, 0.6) is 0 Å². The highest BCUT2D eigenvalue weighted by atomic mass is 16.4. The van der Waals surface area contributed by atoms with Gasteiger partial charge in [-0.1, -0.05) is 6.58 Å². The van der Waals surface area contributed by atoms with Gasteiger partial charge in [-0.3, -0.25) is 0 Å². The molecule has 4 rings (SSSR count). The molecule has 0 aliphatic heterocycles. The molecule has 4 aliphatic rings. The maximum atomic E-state index is 10.4. The molecule has 3 unspecified atom stereocenters. The second-order valence-electron chi connectivity index (χ2n) is 6.27. The van der Waals surface area contributed by atoms with Gasteiger partial charge in [0.05, 0.1) is 11.2 Å². The Kier molecular flexibility index (Phi) is 3.28. The van der Waals surface area contributed by atoms with Gasteiger partial charge in [-0.15, -0.1) is 0 Å². The zero-order valence-corrected chi connectivity index (χ0v) is 10.8. The molecule has 0 aromatic carbocycles. The molecule has 4 fully saturated rings. The van der Waals surface area contributed by atoms with Crippen LogP contribution in [-0.4, -0.2) is 32.5 Å². The summed E-state index contributed by atoms with van der Waals surface area (Å²) in [5, 5.41) is 28.3. The number of hydrogen-bond acceptors (Lipinski definition) is 3. The van der Waals surface area contributed by atoms with E-state index in [0.29, 0.717) is 17.8 Å². The maximum Gasteiger partial charge on any atom is 0.327 e. The van der Waals surface area contributed by atoms with Crippen molar-refractivity contribution in [2.45, 2.75) is 50.2 Å². The van der Waals surface area contributed by atoms with E-state index in [1.165, 1.54) is 6.42 Å². The van der Waals surface area contributed by atoms with Crippen LogP contribution in [0.25, 0.3) is 0 Å². The Hall–Kier alpha value is -0.870. The molecule has 0 aromatic rings. The van der Waals surface area contributed by atoms with Crippen LogP contribution >= 0.6 is 0 Å². The van der Waals surface area contributed by atoms with Gasteiger partial charge in [-0.05, 0) is 56.8 Å². The van der Waals surface area contributed by atoms with E-state index in [9.17, 15) is 15.0 Å². The Morgan fingerprint density at radius 1 is 1.22 bits per heavy atom. The number of aliphatic carboxylic acids is 1. The molecule has 4 saturated carbocycles. The first-order chi connectivity index (χ1) is 8.28. The summed E-state index contributed by atoms with van der Waals surface area (Å²) in [6.45, 7) is 4.80. The number of carbonyl (C=O) groups is 1. The fourth-order valence-electron chi connectivity index (χ4n) is 4.19. The topological polar surface area (TPSA) is 77.8 Å². The smallest absolute Gasteiger partial charge is 0.327 e. The average molecular weight is 254 g/mol. The summed E-state index contributed by atoms with van der Waals surface area (Å²) in [6.07, 6.45) is 6.10. The molecule has 4 heteroatoms. The first-order valence-corrected chi connectivity index (χ1v) is 6.58. The maximum absolute atomic E-state index is 10.4. The van der Waals surface area contributed by atoms with Crippen molar-refractivity contribution in [3.63, 3.8) is 0 Å². The Labute approximate surface area is 107 Å². The average Bonchev–Trinajstić information content (AvgIpc) is 2.26. The Bertz CT molecular complexity index is 347. The highest BCUT2D eigenvalue weighted by Crippen LogP contribution is 2.59. The van der Waals surface area contributed by atoms with Gasteiger partial charge >= 0.3 is 5.97 Å². The van der Waals surface area contributed by atoms with Gasteiger partial charge in [-0.2, -0.15) is 0 Å². The minimum atomic E-state index is -0.981. The number of hydrogen-bond donors (Lipinski definition) is 3. The molecule has 3 N–H and O–H groups in total. The number of carboxylic acids is 1. The second-order valence-corrected chi connectivity index (χ2v) is 6.27. The first-order valence-electron chi connectivity index (χ1n) is 6.58. The third kappa shape index (κ3) is 2.08. The van der Waals surface area contributed by atoms with E-state index in [-0.39, 0.29) is 0 Å². The zero-order valence-electron chi connectivity index (χ0n) is 10.8. The van der Waals surface area contributed by atoms with Crippen LogP contribution in [0.3, 0.4) is 0 Å². The normalized spacial score (nSPS) is 48.3. The van der Waals surface area contributed by atoms with Crippen LogP contribution in [0.15, 0.2) is 12.7 Å². The molecule has 0 heterocycles. The highest BCUT2D eigenvalue weighted by Gasteiger charge is 2.62. The van der Waals surface area contributed by atoms with Crippen molar-refractivity contribution in [2.24, 2.45) is 17.8 Å². The van der Waals surface area contributed by atoms with Crippen molar-refractivity contribution in [1.29, 1.82) is 0 Å². The predicted octanol–water partition coefficient (Wildman–Crippen LogP) is 1.57. The fraction of sp³-hybridized carbons (Fsp3) is 0.786. The summed E-state index contributed by atoms with van der Waals surface area (Å²) >= 11 is 0. The molecule has 0 radical (unpaired) electrons. The molecule has 102 valence electrons. The van der Waals surface area contributed by atoms with Gasteiger partial charge in [0.1, 0.15) is 0 Å². The lowest BCUT2D eigenvalue weighted by molar-refractivity contribution is -0.257. The molecule has 3 atom stereocenters. The molecule has 4 aliphatic carbocycles. The van der Waals surface area contributed by atoms with Crippen molar-refractivity contribution in [3.05, 3.63) is 12.7 Å². The standard InChI is InChI=1S/C11H18O2.C3H4O2/c1-10(12)9-3-7-2-8(4-9)6-11(10,13)5-7;1-2-3(4)5/h7-9,12-13H,2-6H2,1H3;2H,1H2,(H,4,5). The fourth-order valence-corrected chi connectivity index (χ4v) is 4.19. The Morgan fingerprint density at radius 2 is 1.67 bits per heavy atom. The highest BCUT2D eigenvalue weighted by molar-refractivity contribution is 5.78. The summed E-state index contributed by atoms with van der Waals surface area (Å²) in [7, 11) is 0. The summed E-state index contributed by atoms with van der Waals surface area (Å²) in [5.74, 6) is 0.777. The summed E-state index contributed by atoms with van der Waals surface area (Å²) in [6, 6.07) is 0. The largest absolute Gasteiger partial charge is 0.478 e. The van der Waals surface area contributed by atoms with Crippen molar-refractivity contribution in [1.82, 2.24) is 0 Å². The summed E-state index contributed by atoms with van der Waals surface area (Å²) in [4.78, 5) is 9.25. The van der Waals surface area contributed by atoms with Gasteiger partial charge in [0, 0.05) is 6.08 Å². The molecular formula is C14H22O4. The Balaban J connectivity index is 0.000000209. The molecule has 0 saturated heterocycles. The second kappa shape index (κ2) is 4.35. The number of carboxylic acid groups (broad SMARTS) is 1. The SMILES string of the molecule is C=CC(=O)O.CC1(O)C2CC3CC(C2)CC1(O)C3. The Morgan fingerprint density at radius 3 is 2.00 bits per heavy atom. The third-order valence-corrected chi connectivity index (χ3v) is 5.07. The van der Waals surface area contributed by atoms with Gasteiger partial charge in [-0.25, -0.2) is 4.79 Å². The third-order valence-electron chi connectivity index (χ3n) is 5.07. The lowest BCUT2D eigenvalue weighted by Gasteiger charge is -2.62. The lowest BCUT2D eigenvalue weighted by atomic mass is 9.48. The zero-order chi connectivity index (χ0) is 13.6. The van der Waals surface area contributed by atoms with Crippen molar-refractivity contribution in [2.75, 3.05) is 0 Å². The lowest BCUT2D eigenvalue weighted by Crippen LogP contribution is -2.67. The minimum absolute atomic E-state index is 0.365. The summed E-state index contributed by atoms with van der Waals surface area (Å²) < 4.78 is 0. The van der Waals surface area contributed by atoms with Crippen LogP contribution in [0.2, 0.25) is 0 Å². The van der Waals surface area contributed by atoms with E-state index >= 15 is 0 Å². The molecule has 0 amide bonds. The van der Waals surface area contributed by atoms with E-state index in [1.807, 2.05) is 6.92 Å². The van der Waals surface area contributed by atoms with Gasteiger partial charge in [0.2, 0.25) is 0 Å². The molecule has 0 aromatic heterocycles. The first kappa shape index (κ1) is 13.6. The van der Waals surface area contributed by atoms with Crippen molar-refractivity contribution < 1.29 is 20.1 Å². The van der Waals surface area contributed by atoms with Gasteiger partial charge in [0.25, 0.3) is 0 Å². The minimum Gasteiger partial charge on any atom is -0.478 e.